The zero-order valence-corrected chi connectivity index (χ0v) is 13.9. The van der Waals surface area contributed by atoms with Crippen LogP contribution in [0.3, 0.4) is 0 Å². The van der Waals surface area contributed by atoms with Crippen LogP contribution in [0.2, 0.25) is 0 Å². The van der Waals surface area contributed by atoms with E-state index in [0.717, 1.165) is 25.3 Å². The molecular weight excluding hydrogens is 344 g/mol. The van der Waals surface area contributed by atoms with Crippen LogP contribution in [0.4, 0.5) is 8.78 Å². The highest BCUT2D eigenvalue weighted by Crippen LogP contribution is 2.16. The molecule has 9 heteroatoms. The number of amides is 1. The second-order valence-electron chi connectivity index (χ2n) is 5.51. The summed E-state index contributed by atoms with van der Waals surface area (Å²) in [7, 11) is -4.53. The minimum atomic E-state index is -4.53. The molecule has 6 nitrogen and oxygen atoms in total. The van der Waals surface area contributed by atoms with Gasteiger partial charge in [0.05, 0.1) is 12.7 Å². The highest BCUT2D eigenvalue weighted by atomic mass is 32.2. The predicted molar refractivity (Wildman–Crippen MR) is 80.7 cm³/mol. The van der Waals surface area contributed by atoms with Gasteiger partial charge in [0.2, 0.25) is 0 Å². The number of benzene rings is 1. The Labute approximate surface area is 139 Å². The first-order valence-corrected chi connectivity index (χ1v) is 9.03. The van der Waals surface area contributed by atoms with Crippen molar-refractivity contribution in [1.82, 2.24) is 4.72 Å². The summed E-state index contributed by atoms with van der Waals surface area (Å²) in [4.78, 5) is 11.0. The summed E-state index contributed by atoms with van der Waals surface area (Å²) in [6, 6.07) is 1.97. The van der Waals surface area contributed by atoms with E-state index in [-0.39, 0.29) is 12.7 Å². The first kappa shape index (κ1) is 18.8. The van der Waals surface area contributed by atoms with Crippen LogP contribution >= 0.6 is 0 Å². The second kappa shape index (κ2) is 8.00. The van der Waals surface area contributed by atoms with Crippen molar-refractivity contribution in [2.75, 3.05) is 13.2 Å². The van der Waals surface area contributed by atoms with Gasteiger partial charge in [0.15, 0.2) is 0 Å². The summed E-state index contributed by atoms with van der Waals surface area (Å²) in [6.45, 7) is 2.15. The molecule has 0 saturated carbocycles. The zero-order chi connectivity index (χ0) is 17.7. The van der Waals surface area contributed by atoms with Gasteiger partial charge in [0.1, 0.15) is 22.6 Å². The van der Waals surface area contributed by atoms with Crippen molar-refractivity contribution in [3.8, 4) is 0 Å². The van der Waals surface area contributed by atoms with Crippen LogP contribution in [0.25, 0.3) is 0 Å². The van der Waals surface area contributed by atoms with Gasteiger partial charge in [-0.1, -0.05) is 0 Å². The van der Waals surface area contributed by atoms with Crippen LogP contribution in [0.15, 0.2) is 23.1 Å². The van der Waals surface area contributed by atoms with E-state index < -0.39 is 38.6 Å². The number of sulfonamides is 1. The van der Waals surface area contributed by atoms with E-state index in [2.05, 4.69) is 0 Å². The average Bonchev–Trinajstić information content (AvgIpc) is 2.55. The van der Waals surface area contributed by atoms with Crippen LogP contribution in [0.1, 0.15) is 26.2 Å². The Hall–Kier alpha value is -1.58. The van der Waals surface area contributed by atoms with Gasteiger partial charge in [-0.15, -0.1) is 0 Å². The van der Waals surface area contributed by atoms with Crippen molar-refractivity contribution in [3.05, 3.63) is 29.8 Å². The van der Waals surface area contributed by atoms with E-state index in [0.29, 0.717) is 18.7 Å². The number of hydrogen-bond acceptors (Lipinski definition) is 5. The highest BCUT2D eigenvalue weighted by molar-refractivity contribution is 7.90. The lowest BCUT2D eigenvalue weighted by atomic mass is 10.1. The maximum absolute atomic E-state index is 13.6. The second-order valence-corrected chi connectivity index (χ2v) is 7.16. The fourth-order valence-electron chi connectivity index (χ4n) is 2.22. The van der Waals surface area contributed by atoms with E-state index in [1.54, 1.807) is 4.72 Å². The molecule has 1 N–H and O–H groups in total. The quantitative estimate of drug-likeness (QED) is 0.833. The Morgan fingerprint density at radius 3 is 2.83 bits per heavy atom. The van der Waals surface area contributed by atoms with Gasteiger partial charge in [0.25, 0.3) is 15.9 Å². The molecule has 0 unspecified atom stereocenters. The first-order chi connectivity index (χ1) is 11.3. The molecule has 1 aliphatic rings. The molecule has 134 valence electrons. The van der Waals surface area contributed by atoms with Gasteiger partial charge in [-0.05, 0) is 44.4 Å². The van der Waals surface area contributed by atoms with E-state index in [4.69, 9.17) is 9.47 Å². The van der Waals surface area contributed by atoms with Gasteiger partial charge in [-0.25, -0.2) is 21.9 Å². The Bertz CT molecular complexity index is 689. The number of nitrogens with one attached hydrogen (secondary N) is 1. The molecule has 1 aromatic carbocycles. The third-order valence-corrected chi connectivity index (χ3v) is 4.95. The fourth-order valence-corrected chi connectivity index (χ4v) is 3.35. The molecule has 1 saturated heterocycles. The van der Waals surface area contributed by atoms with Crippen molar-refractivity contribution >= 4 is 15.9 Å². The molecule has 0 radical (unpaired) electrons. The van der Waals surface area contributed by atoms with Crippen LogP contribution in [-0.2, 0) is 24.3 Å². The molecule has 1 aromatic rings. The normalized spacial score (nSPS) is 19.7. The number of hydrogen-bond donors (Lipinski definition) is 1. The minimum absolute atomic E-state index is 0.133. The van der Waals surface area contributed by atoms with Gasteiger partial charge >= 0.3 is 0 Å². The Morgan fingerprint density at radius 2 is 2.17 bits per heavy atom. The number of ether oxygens (including phenoxy) is 2. The molecule has 1 aliphatic heterocycles. The summed E-state index contributed by atoms with van der Waals surface area (Å²) < 4.78 is 63.1. The van der Waals surface area contributed by atoms with Gasteiger partial charge in [-0.3, -0.25) is 4.79 Å². The standard InChI is InChI=1S/C15H19F2NO5S/c1-10(23-9-12-4-2-3-7-22-12)15(19)18-24(20,21)14-8-11(16)5-6-13(14)17/h5-6,8,10,12H,2-4,7,9H2,1H3,(H,18,19)/t10-,12-/m0/s1. The molecule has 24 heavy (non-hydrogen) atoms. The Balaban J connectivity index is 1.95. The number of halogens is 2. The number of carbonyl (C=O) groups excluding carboxylic acids is 1. The molecule has 1 heterocycles. The van der Waals surface area contributed by atoms with E-state index in [1.807, 2.05) is 0 Å². The first-order valence-electron chi connectivity index (χ1n) is 7.54. The van der Waals surface area contributed by atoms with Crippen LogP contribution < -0.4 is 4.72 Å². The summed E-state index contributed by atoms with van der Waals surface area (Å²) in [6.07, 6.45) is 1.57. The zero-order valence-electron chi connectivity index (χ0n) is 13.1. The summed E-state index contributed by atoms with van der Waals surface area (Å²) >= 11 is 0. The van der Waals surface area contributed by atoms with Crippen LogP contribution in [-0.4, -0.2) is 39.7 Å². The van der Waals surface area contributed by atoms with Crippen molar-refractivity contribution in [1.29, 1.82) is 0 Å². The van der Waals surface area contributed by atoms with Gasteiger partial charge in [-0.2, -0.15) is 0 Å². The summed E-state index contributed by atoms with van der Waals surface area (Å²) in [5.41, 5.74) is 0. The maximum atomic E-state index is 13.6. The Kier molecular flexibility index (Phi) is 6.25. The maximum Gasteiger partial charge on any atom is 0.267 e. The van der Waals surface area contributed by atoms with Crippen molar-refractivity contribution in [2.24, 2.45) is 0 Å². The summed E-state index contributed by atoms with van der Waals surface area (Å²) in [5.74, 6) is -3.04. The molecule has 0 bridgehead atoms. The fraction of sp³-hybridized carbons (Fsp3) is 0.533. The van der Waals surface area contributed by atoms with Crippen molar-refractivity contribution < 1.29 is 31.5 Å². The molecule has 1 fully saturated rings. The van der Waals surface area contributed by atoms with Crippen molar-refractivity contribution in [2.45, 2.75) is 43.3 Å². The lowest BCUT2D eigenvalue weighted by Crippen LogP contribution is -2.40. The smallest absolute Gasteiger partial charge is 0.267 e. The van der Waals surface area contributed by atoms with Gasteiger partial charge < -0.3 is 9.47 Å². The van der Waals surface area contributed by atoms with E-state index >= 15 is 0 Å². The summed E-state index contributed by atoms with van der Waals surface area (Å²) in [5, 5.41) is 0. The van der Waals surface area contributed by atoms with E-state index in [9.17, 15) is 22.0 Å². The topological polar surface area (TPSA) is 81.7 Å². The lowest BCUT2D eigenvalue weighted by Gasteiger charge is -2.23. The third kappa shape index (κ3) is 4.96. The van der Waals surface area contributed by atoms with E-state index in [1.165, 1.54) is 6.92 Å². The monoisotopic (exact) mass is 363 g/mol. The largest absolute Gasteiger partial charge is 0.376 e. The molecule has 0 aromatic heterocycles. The molecule has 0 spiro atoms. The molecular formula is C15H19F2NO5S. The SMILES string of the molecule is C[C@H](OC[C@@H]1CCCCO1)C(=O)NS(=O)(=O)c1cc(F)ccc1F. The number of rotatable bonds is 6. The molecule has 2 atom stereocenters. The minimum Gasteiger partial charge on any atom is -0.376 e. The Morgan fingerprint density at radius 1 is 1.42 bits per heavy atom. The van der Waals surface area contributed by atoms with Crippen LogP contribution in [0.5, 0.6) is 0 Å². The molecule has 2 rings (SSSR count). The molecule has 1 amide bonds. The lowest BCUT2D eigenvalue weighted by molar-refractivity contribution is -0.133. The number of carbonyl (C=O) groups is 1. The van der Waals surface area contributed by atoms with Crippen LogP contribution in [0, 0.1) is 11.6 Å². The third-order valence-electron chi connectivity index (χ3n) is 3.59. The van der Waals surface area contributed by atoms with Crippen molar-refractivity contribution in [3.63, 3.8) is 0 Å². The highest BCUT2D eigenvalue weighted by Gasteiger charge is 2.26. The average molecular weight is 363 g/mol. The predicted octanol–water partition coefficient (Wildman–Crippen LogP) is 1.74. The van der Waals surface area contributed by atoms with Gasteiger partial charge in [0, 0.05) is 6.61 Å². The molecule has 0 aliphatic carbocycles.